The van der Waals surface area contributed by atoms with Gasteiger partial charge >= 0.3 is 0 Å². The SMILES string of the molecule is CC(N)c1nc(-c2ccc(F)cc2Br)cs1. The second-order valence-corrected chi connectivity index (χ2v) is 5.23. The average molecular weight is 301 g/mol. The van der Waals surface area contributed by atoms with Crippen molar-refractivity contribution in [1.82, 2.24) is 4.98 Å². The van der Waals surface area contributed by atoms with Crippen LogP contribution < -0.4 is 5.73 Å². The third kappa shape index (κ3) is 2.31. The molecule has 1 unspecified atom stereocenters. The summed E-state index contributed by atoms with van der Waals surface area (Å²) in [4.78, 5) is 4.41. The van der Waals surface area contributed by atoms with E-state index in [2.05, 4.69) is 20.9 Å². The Kier molecular flexibility index (Phi) is 3.37. The Bertz CT molecular complexity index is 510. The third-order valence-corrected chi connectivity index (χ3v) is 3.82. The zero-order chi connectivity index (χ0) is 11.7. The van der Waals surface area contributed by atoms with E-state index in [0.29, 0.717) is 4.47 Å². The summed E-state index contributed by atoms with van der Waals surface area (Å²) in [5.41, 5.74) is 7.45. The number of thiazole rings is 1. The summed E-state index contributed by atoms with van der Waals surface area (Å²) in [6, 6.07) is 4.49. The molecule has 0 fully saturated rings. The number of benzene rings is 1. The summed E-state index contributed by atoms with van der Waals surface area (Å²) in [6.07, 6.45) is 0. The van der Waals surface area contributed by atoms with Crippen molar-refractivity contribution in [3.63, 3.8) is 0 Å². The maximum Gasteiger partial charge on any atom is 0.124 e. The lowest BCUT2D eigenvalue weighted by Gasteiger charge is -2.01. The van der Waals surface area contributed by atoms with Crippen LogP contribution in [0.2, 0.25) is 0 Å². The van der Waals surface area contributed by atoms with Crippen LogP contribution in [0.15, 0.2) is 28.1 Å². The molecule has 0 saturated heterocycles. The van der Waals surface area contributed by atoms with E-state index in [1.165, 1.54) is 23.5 Å². The maximum absolute atomic E-state index is 12.9. The van der Waals surface area contributed by atoms with E-state index in [1.54, 1.807) is 6.07 Å². The Balaban J connectivity index is 2.42. The molecule has 0 bridgehead atoms. The van der Waals surface area contributed by atoms with Crippen LogP contribution in [-0.2, 0) is 0 Å². The van der Waals surface area contributed by atoms with Gasteiger partial charge in [-0.1, -0.05) is 0 Å². The molecule has 1 aromatic carbocycles. The van der Waals surface area contributed by atoms with Crippen LogP contribution in [0.3, 0.4) is 0 Å². The fraction of sp³-hybridized carbons (Fsp3) is 0.182. The molecule has 2 aromatic rings. The zero-order valence-electron chi connectivity index (χ0n) is 8.58. The van der Waals surface area contributed by atoms with E-state index >= 15 is 0 Å². The molecule has 0 amide bonds. The predicted octanol–water partition coefficient (Wildman–Crippen LogP) is 3.73. The summed E-state index contributed by atoms with van der Waals surface area (Å²) >= 11 is 4.84. The zero-order valence-corrected chi connectivity index (χ0v) is 11.0. The van der Waals surface area contributed by atoms with Gasteiger partial charge in [0.1, 0.15) is 10.8 Å². The van der Waals surface area contributed by atoms with Gasteiger partial charge in [-0.05, 0) is 41.1 Å². The monoisotopic (exact) mass is 300 g/mol. The second-order valence-electron chi connectivity index (χ2n) is 3.48. The molecule has 2 N–H and O–H groups in total. The Labute approximate surface area is 105 Å². The fourth-order valence-corrected chi connectivity index (χ4v) is 2.65. The van der Waals surface area contributed by atoms with Crippen molar-refractivity contribution in [1.29, 1.82) is 0 Å². The van der Waals surface area contributed by atoms with Crippen molar-refractivity contribution in [3.05, 3.63) is 38.9 Å². The summed E-state index contributed by atoms with van der Waals surface area (Å²) in [5.74, 6) is -0.265. The topological polar surface area (TPSA) is 38.9 Å². The van der Waals surface area contributed by atoms with Crippen molar-refractivity contribution >= 4 is 27.3 Å². The number of hydrogen-bond acceptors (Lipinski definition) is 3. The van der Waals surface area contributed by atoms with Crippen LogP contribution >= 0.6 is 27.3 Å². The van der Waals surface area contributed by atoms with Crippen LogP contribution in [0.4, 0.5) is 4.39 Å². The molecule has 0 spiro atoms. The minimum absolute atomic E-state index is 0.0713. The van der Waals surface area contributed by atoms with E-state index in [4.69, 9.17) is 5.73 Å². The van der Waals surface area contributed by atoms with Gasteiger partial charge in [-0.3, -0.25) is 0 Å². The van der Waals surface area contributed by atoms with Crippen molar-refractivity contribution in [3.8, 4) is 11.3 Å². The normalized spacial score (nSPS) is 12.8. The molecule has 1 atom stereocenters. The molecule has 2 rings (SSSR count). The van der Waals surface area contributed by atoms with Gasteiger partial charge in [0.25, 0.3) is 0 Å². The van der Waals surface area contributed by atoms with Gasteiger partial charge < -0.3 is 5.73 Å². The highest BCUT2D eigenvalue weighted by Gasteiger charge is 2.10. The minimum Gasteiger partial charge on any atom is -0.322 e. The van der Waals surface area contributed by atoms with Crippen LogP contribution in [0.25, 0.3) is 11.3 Å². The van der Waals surface area contributed by atoms with Gasteiger partial charge in [0.2, 0.25) is 0 Å². The lowest BCUT2D eigenvalue weighted by Crippen LogP contribution is -2.03. The smallest absolute Gasteiger partial charge is 0.124 e. The molecule has 84 valence electrons. The van der Waals surface area contributed by atoms with E-state index in [-0.39, 0.29) is 11.9 Å². The summed E-state index contributed by atoms with van der Waals surface area (Å²) < 4.78 is 13.6. The standard InChI is InChI=1S/C11H10BrFN2S/c1-6(14)11-15-10(5-16-11)8-3-2-7(13)4-9(8)12/h2-6H,14H2,1H3. The van der Waals surface area contributed by atoms with Crippen molar-refractivity contribution in [2.24, 2.45) is 5.73 Å². The first kappa shape index (κ1) is 11.7. The quantitative estimate of drug-likeness (QED) is 0.918. The van der Waals surface area contributed by atoms with E-state index in [9.17, 15) is 4.39 Å². The molecule has 16 heavy (non-hydrogen) atoms. The van der Waals surface area contributed by atoms with Gasteiger partial charge in [0.15, 0.2) is 0 Å². The minimum atomic E-state index is -0.265. The molecular weight excluding hydrogens is 291 g/mol. The van der Waals surface area contributed by atoms with Crippen LogP contribution in [-0.4, -0.2) is 4.98 Å². The fourth-order valence-electron chi connectivity index (χ4n) is 1.32. The predicted molar refractivity (Wildman–Crippen MR) is 67.8 cm³/mol. The lowest BCUT2D eigenvalue weighted by atomic mass is 10.2. The van der Waals surface area contributed by atoms with Crippen molar-refractivity contribution < 1.29 is 4.39 Å². The van der Waals surface area contributed by atoms with Gasteiger partial charge in [-0.2, -0.15) is 0 Å². The third-order valence-electron chi connectivity index (χ3n) is 2.12. The Morgan fingerprint density at radius 2 is 2.25 bits per heavy atom. The summed E-state index contributed by atoms with van der Waals surface area (Å²) in [7, 11) is 0. The van der Waals surface area contributed by atoms with Gasteiger partial charge in [0, 0.05) is 15.4 Å². The maximum atomic E-state index is 12.9. The molecular formula is C11H10BrFN2S. The van der Waals surface area contributed by atoms with Crippen LogP contribution in [0.1, 0.15) is 18.0 Å². The first-order chi connectivity index (χ1) is 7.58. The molecule has 0 aliphatic rings. The molecule has 1 aromatic heterocycles. The molecule has 5 heteroatoms. The van der Waals surface area contributed by atoms with E-state index < -0.39 is 0 Å². The lowest BCUT2D eigenvalue weighted by molar-refractivity contribution is 0.627. The highest BCUT2D eigenvalue weighted by Crippen LogP contribution is 2.30. The number of aromatic nitrogens is 1. The summed E-state index contributed by atoms with van der Waals surface area (Å²) in [5, 5.41) is 2.81. The second kappa shape index (κ2) is 4.61. The largest absolute Gasteiger partial charge is 0.322 e. The number of nitrogens with zero attached hydrogens (tertiary/aromatic N) is 1. The molecule has 0 aliphatic heterocycles. The molecule has 1 heterocycles. The molecule has 0 saturated carbocycles. The number of nitrogens with two attached hydrogens (primary N) is 1. The molecule has 0 radical (unpaired) electrons. The van der Waals surface area contributed by atoms with E-state index in [0.717, 1.165) is 16.3 Å². The summed E-state index contributed by atoms with van der Waals surface area (Å²) in [6.45, 7) is 1.89. The van der Waals surface area contributed by atoms with Gasteiger partial charge in [0.05, 0.1) is 11.7 Å². The number of halogens is 2. The number of rotatable bonds is 2. The van der Waals surface area contributed by atoms with Crippen molar-refractivity contribution in [2.45, 2.75) is 13.0 Å². The van der Waals surface area contributed by atoms with Gasteiger partial charge in [-0.15, -0.1) is 11.3 Å². The first-order valence-electron chi connectivity index (χ1n) is 4.74. The first-order valence-corrected chi connectivity index (χ1v) is 6.41. The van der Waals surface area contributed by atoms with Crippen LogP contribution in [0.5, 0.6) is 0 Å². The van der Waals surface area contributed by atoms with Gasteiger partial charge in [-0.25, -0.2) is 9.37 Å². The molecule has 2 nitrogen and oxygen atoms in total. The highest BCUT2D eigenvalue weighted by atomic mass is 79.9. The number of hydrogen-bond donors (Lipinski definition) is 1. The van der Waals surface area contributed by atoms with Crippen molar-refractivity contribution in [2.75, 3.05) is 0 Å². The Hall–Kier alpha value is -0.780. The molecule has 0 aliphatic carbocycles. The Morgan fingerprint density at radius 3 is 2.81 bits per heavy atom. The Morgan fingerprint density at radius 1 is 1.50 bits per heavy atom. The van der Waals surface area contributed by atoms with E-state index in [1.807, 2.05) is 12.3 Å². The average Bonchev–Trinajstić information content (AvgIpc) is 2.66. The highest BCUT2D eigenvalue weighted by molar-refractivity contribution is 9.10. The van der Waals surface area contributed by atoms with Crippen LogP contribution in [0, 0.1) is 5.82 Å².